The monoisotopic (exact) mass is 304 g/mol. The maximum atomic E-state index is 12.1. The number of rotatable bonds is 6. The first-order valence-electron chi connectivity index (χ1n) is 6.76. The molecular weight excluding hydrogens is 284 g/mol. The van der Waals surface area contributed by atoms with Crippen molar-refractivity contribution < 1.29 is 9.53 Å². The van der Waals surface area contributed by atoms with Crippen LogP contribution in [0.15, 0.2) is 41.8 Å². The van der Waals surface area contributed by atoms with E-state index < -0.39 is 5.54 Å². The highest BCUT2D eigenvalue weighted by molar-refractivity contribution is 7.09. The minimum absolute atomic E-state index is 0.143. The Morgan fingerprint density at radius 2 is 2.14 bits per heavy atom. The van der Waals surface area contributed by atoms with E-state index in [4.69, 9.17) is 10.5 Å². The van der Waals surface area contributed by atoms with Gasteiger partial charge in [-0.3, -0.25) is 4.79 Å². The predicted octanol–water partition coefficient (Wildman–Crippen LogP) is 2.79. The van der Waals surface area contributed by atoms with Crippen molar-refractivity contribution in [3.8, 4) is 5.75 Å². The van der Waals surface area contributed by atoms with Crippen molar-refractivity contribution in [1.82, 2.24) is 5.32 Å². The molecule has 21 heavy (non-hydrogen) atoms. The molecule has 2 rings (SSSR count). The van der Waals surface area contributed by atoms with E-state index in [-0.39, 0.29) is 5.91 Å². The smallest absolute Gasteiger partial charge is 0.251 e. The Morgan fingerprint density at radius 3 is 2.81 bits per heavy atom. The normalized spacial score (nSPS) is 11.2. The highest BCUT2D eigenvalue weighted by atomic mass is 32.1. The quantitative estimate of drug-likeness (QED) is 0.862. The van der Waals surface area contributed by atoms with Crippen LogP contribution in [-0.4, -0.2) is 18.0 Å². The van der Waals surface area contributed by atoms with Gasteiger partial charge in [0.2, 0.25) is 0 Å². The fourth-order valence-electron chi connectivity index (χ4n) is 1.69. The van der Waals surface area contributed by atoms with Gasteiger partial charge in [0.05, 0.1) is 0 Å². The summed E-state index contributed by atoms with van der Waals surface area (Å²) in [5.41, 5.74) is 6.00. The summed E-state index contributed by atoms with van der Waals surface area (Å²) in [4.78, 5) is 13.2. The van der Waals surface area contributed by atoms with E-state index in [9.17, 15) is 4.79 Å². The molecule has 1 amide bonds. The second-order valence-corrected chi connectivity index (χ2v) is 6.60. The first kappa shape index (κ1) is 15.5. The topological polar surface area (TPSA) is 64.3 Å². The third kappa shape index (κ3) is 5.21. The summed E-state index contributed by atoms with van der Waals surface area (Å²) >= 11 is 1.65. The molecule has 2 aromatic rings. The van der Waals surface area contributed by atoms with Gasteiger partial charge in [0.15, 0.2) is 0 Å². The molecular formula is C16H20N2O2S. The number of nitrogens with one attached hydrogen (secondary N) is 1. The number of carbonyl (C=O) groups is 1. The molecule has 112 valence electrons. The first-order valence-corrected chi connectivity index (χ1v) is 7.64. The lowest BCUT2D eigenvalue weighted by Crippen LogP contribution is -2.45. The molecule has 0 saturated heterocycles. The average molecular weight is 304 g/mol. The largest absolute Gasteiger partial charge is 0.488 e. The van der Waals surface area contributed by atoms with Crippen LogP contribution in [0.4, 0.5) is 0 Å². The van der Waals surface area contributed by atoms with Gasteiger partial charge in [-0.2, -0.15) is 0 Å². The Hall–Kier alpha value is -1.85. The number of carbonyl (C=O) groups excluding carboxylic acids is 1. The van der Waals surface area contributed by atoms with Gasteiger partial charge >= 0.3 is 0 Å². The molecule has 0 aliphatic rings. The Kier molecular flexibility index (Phi) is 4.98. The van der Waals surface area contributed by atoms with E-state index in [1.54, 1.807) is 23.5 Å². The van der Waals surface area contributed by atoms with Crippen molar-refractivity contribution in [3.05, 3.63) is 52.2 Å². The molecule has 0 aliphatic heterocycles. The molecule has 0 atom stereocenters. The molecule has 4 nitrogen and oxygen atoms in total. The molecule has 0 fully saturated rings. The Bertz CT molecular complexity index is 589. The first-order chi connectivity index (χ1) is 9.94. The molecule has 0 radical (unpaired) electrons. The van der Waals surface area contributed by atoms with Crippen molar-refractivity contribution in [2.45, 2.75) is 26.0 Å². The number of ether oxygens (including phenoxy) is 1. The van der Waals surface area contributed by atoms with Crippen LogP contribution in [0.1, 0.15) is 29.1 Å². The van der Waals surface area contributed by atoms with Gasteiger partial charge in [-0.05, 0) is 43.5 Å². The summed E-state index contributed by atoms with van der Waals surface area (Å²) < 4.78 is 5.69. The fraction of sp³-hybridized carbons (Fsp3) is 0.312. The van der Waals surface area contributed by atoms with E-state index in [2.05, 4.69) is 5.32 Å². The van der Waals surface area contributed by atoms with Crippen LogP contribution in [0.25, 0.3) is 0 Å². The second kappa shape index (κ2) is 6.74. The number of amides is 1. The summed E-state index contributed by atoms with van der Waals surface area (Å²) in [6, 6.07) is 11.2. The van der Waals surface area contributed by atoms with Crippen LogP contribution in [0.2, 0.25) is 0 Å². The number of nitrogens with two attached hydrogens (primary N) is 1. The van der Waals surface area contributed by atoms with Gasteiger partial charge in [0.1, 0.15) is 12.4 Å². The van der Waals surface area contributed by atoms with E-state index in [1.807, 2.05) is 43.5 Å². The van der Waals surface area contributed by atoms with E-state index >= 15 is 0 Å². The third-order valence-electron chi connectivity index (χ3n) is 2.76. The van der Waals surface area contributed by atoms with Gasteiger partial charge < -0.3 is 15.8 Å². The van der Waals surface area contributed by atoms with Crippen LogP contribution in [0.5, 0.6) is 5.75 Å². The zero-order valence-electron chi connectivity index (χ0n) is 12.3. The van der Waals surface area contributed by atoms with Gasteiger partial charge in [-0.15, -0.1) is 11.3 Å². The zero-order chi connectivity index (χ0) is 15.3. The summed E-state index contributed by atoms with van der Waals surface area (Å²) in [5.74, 6) is 0.540. The third-order valence-corrected chi connectivity index (χ3v) is 3.61. The number of hydrogen-bond acceptors (Lipinski definition) is 4. The van der Waals surface area contributed by atoms with Crippen molar-refractivity contribution >= 4 is 17.2 Å². The molecule has 0 spiro atoms. The molecule has 0 aliphatic carbocycles. The minimum atomic E-state index is -0.428. The lowest BCUT2D eigenvalue weighted by atomic mass is 10.1. The van der Waals surface area contributed by atoms with E-state index in [0.29, 0.717) is 24.5 Å². The lowest BCUT2D eigenvalue weighted by Gasteiger charge is -2.19. The predicted molar refractivity (Wildman–Crippen MR) is 85.7 cm³/mol. The number of hydrogen-bond donors (Lipinski definition) is 2. The van der Waals surface area contributed by atoms with Crippen molar-refractivity contribution in [2.75, 3.05) is 6.54 Å². The average Bonchev–Trinajstić information content (AvgIpc) is 2.95. The maximum Gasteiger partial charge on any atom is 0.251 e. The van der Waals surface area contributed by atoms with Gasteiger partial charge in [-0.25, -0.2) is 0 Å². The maximum absolute atomic E-state index is 12.1. The molecule has 3 N–H and O–H groups in total. The minimum Gasteiger partial charge on any atom is -0.488 e. The Labute approximate surface area is 128 Å². The molecule has 1 heterocycles. The molecule has 0 bridgehead atoms. The zero-order valence-corrected chi connectivity index (χ0v) is 13.1. The van der Waals surface area contributed by atoms with Gasteiger partial charge in [-0.1, -0.05) is 12.1 Å². The Morgan fingerprint density at radius 1 is 1.33 bits per heavy atom. The highest BCUT2D eigenvalue weighted by Crippen LogP contribution is 2.17. The highest BCUT2D eigenvalue weighted by Gasteiger charge is 2.13. The van der Waals surface area contributed by atoms with E-state index in [1.165, 1.54) is 0 Å². The van der Waals surface area contributed by atoms with Crippen molar-refractivity contribution in [2.24, 2.45) is 5.73 Å². The van der Waals surface area contributed by atoms with Crippen molar-refractivity contribution in [1.29, 1.82) is 0 Å². The summed E-state index contributed by atoms with van der Waals surface area (Å²) in [6.45, 7) is 4.67. The van der Waals surface area contributed by atoms with Crippen molar-refractivity contribution in [3.63, 3.8) is 0 Å². The standard InChI is InChI=1S/C16H20N2O2S/c1-16(2,17)11-18-15(19)12-5-3-6-13(9-12)20-10-14-7-4-8-21-14/h3-9H,10-11,17H2,1-2H3,(H,18,19). The van der Waals surface area contributed by atoms with Gasteiger partial charge in [0, 0.05) is 22.5 Å². The summed E-state index contributed by atoms with van der Waals surface area (Å²) in [7, 11) is 0. The van der Waals surface area contributed by atoms with Crippen LogP contribution >= 0.6 is 11.3 Å². The fourth-order valence-corrected chi connectivity index (χ4v) is 2.30. The lowest BCUT2D eigenvalue weighted by molar-refractivity contribution is 0.0945. The van der Waals surface area contributed by atoms with Gasteiger partial charge in [0.25, 0.3) is 5.91 Å². The molecule has 1 aromatic carbocycles. The Balaban J connectivity index is 1.95. The SMILES string of the molecule is CC(C)(N)CNC(=O)c1cccc(OCc2cccs2)c1. The molecule has 5 heteroatoms. The summed E-state index contributed by atoms with van der Waals surface area (Å²) in [6.07, 6.45) is 0. The number of thiophene rings is 1. The molecule has 0 saturated carbocycles. The van der Waals surface area contributed by atoms with Crippen LogP contribution in [-0.2, 0) is 6.61 Å². The number of benzene rings is 1. The molecule has 0 unspecified atom stereocenters. The molecule has 1 aromatic heterocycles. The summed E-state index contributed by atoms with van der Waals surface area (Å²) in [5, 5.41) is 4.83. The van der Waals surface area contributed by atoms with E-state index in [0.717, 1.165) is 4.88 Å². The van der Waals surface area contributed by atoms with Crippen LogP contribution in [0, 0.1) is 0 Å². The van der Waals surface area contributed by atoms with Crippen LogP contribution in [0.3, 0.4) is 0 Å². The second-order valence-electron chi connectivity index (χ2n) is 5.57. The van der Waals surface area contributed by atoms with Crippen LogP contribution < -0.4 is 15.8 Å².